The van der Waals surface area contributed by atoms with Gasteiger partial charge in [0.1, 0.15) is 0 Å². The number of rotatable bonds is 5. The molecule has 24 heavy (non-hydrogen) atoms. The Hall–Kier alpha value is -2.11. The van der Waals surface area contributed by atoms with Crippen molar-refractivity contribution < 1.29 is 4.79 Å². The molecular formula is C18H24ClN3O2. The van der Waals surface area contributed by atoms with Crippen LogP contribution in [0.5, 0.6) is 0 Å². The summed E-state index contributed by atoms with van der Waals surface area (Å²) in [7, 11) is 1.64. The average molecular weight is 350 g/mol. The monoisotopic (exact) mass is 349 g/mol. The van der Waals surface area contributed by atoms with E-state index in [1.54, 1.807) is 19.3 Å². The lowest BCUT2D eigenvalue weighted by molar-refractivity contribution is 0.0951. The first kappa shape index (κ1) is 19.9. The van der Waals surface area contributed by atoms with E-state index in [2.05, 4.69) is 31.3 Å². The fraction of sp³-hybridized carbons (Fsp3) is 0.333. The summed E-state index contributed by atoms with van der Waals surface area (Å²) in [6.45, 7) is 4.59. The zero-order chi connectivity index (χ0) is 17.0. The quantitative estimate of drug-likeness (QED) is 0.869. The van der Waals surface area contributed by atoms with Crippen LogP contribution in [0.2, 0.25) is 0 Å². The number of hydrogen-bond acceptors (Lipinski definition) is 3. The number of hydrogen-bond donors (Lipinski definition) is 2. The summed E-state index contributed by atoms with van der Waals surface area (Å²) in [6, 6.07) is 10.7. The van der Waals surface area contributed by atoms with E-state index in [0.29, 0.717) is 18.0 Å². The van der Waals surface area contributed by atoms with Crippen LogP contribution in [0.1, 0.15) is 47.3 Å². The molecule has 0 aliphatic carbocycles. The summed E-state index contributed by atoms with van der Waals surface area (Å²) < 4.78 is 1.42. The third-order valence-electron chi connectivity index (χ3n) is 3.88. The summed E-state index contributed by atoms with van der Waals surface area (Å²) >= 11 is 0. The first-order valence-corrected chi connectivity index (χ1v) is 7.69. The molecule has 1 aromatic heterocycles. The number of pyridine rings is 1. The van der Waals surface area contributed by atoms with Crippen molar-refractivity contribution >= 4 is 18.3 Å². The lowest BCUT2D eigenvalue weighted by Gasteiger charge is -2.14. The molecule has 0 saturated heterocycles. The maximum absolute atomic E-state index is 12.1. The number of nitrogens with two attached hydrogens (primary N) is 1. The van der Waals surface area contributed by atoms with Gasteiger partial charge in [0, 0.05) is 37.5 Å². The highest BCUT2D eigenvalue weighted by Crippen LogP contribution is 2.17. The molecule has 1 atom stereocenters. The third-order valence-corrected chi connectivity index (χ3v) is 3.88. The Labute approximate surface area is 148 Å². The van der Waals surface area contributed by atoms with E-state index in [-0.39, 0.29) is 29.9 Å². The molecule has 0 saturated carbocycles. The van der Waals surface area contributed by atoms with Crippen molar-refractivity contribution in [2.45, 2.75) is 25.8 Å². The second kappa shape index (κ2) is 8.66. The smallest absolute Gasteiger partial charge is 0.251 e. The predicted molar refractivity (Wildman–Crippen MR) is 98.7 cm³/mol. The van der Waals surface area contributed by atoms with E-state index in [4.69, 9.17) is 5.73 Å². The third kappa shape index (κ3) is 4.94. The number of carbonyl (C=O) groups is 1. The molecule has 6 heteroatoms. The number of aromatic nitrogens is 1. The van der Waals surface area contributed by atoms with Gasteiger partial charge in [-0.2, -0.15) is 0 Å². The number of carbonyl (C=O) groups excluding carboxylic acids is 1. The second-order valence-electron chi connectivity index (χ2n) is 6.00. The molecule has 0 bridgehead atoms. The molecule has 2 rings (SSSR count). The number of nitrogens with one attached hydrogen (secondary N) is 1. The van der Waals surface area contributed by atoms with Gasteiger partial charge in [0.25, 0.3) is 11.5 Å². The fourth-order valence-corrected chi connectivity index (χ4v) is 2.24. The van der Waals surface area contributed by atoms with Crippen LogP contribution in [-0.2, 0) is 7.05 Å². The van der Waals surface area contributed by atoms with Gasteiger partial charge in [-0.1, -0.05) is 38.1 Å². The molecule has 1 unspecified atom stereocenters. The Morgan fingerprint density at radius 1 is 1.17 bits per heavy atom. The molecule has 0 aliphatic rings. The number of aryl methyl sites for hydroxylation is 1. The Morgan fingerprint density at radius 3 is 2.29 bits per heavy atom. The molecule has 130 valence electrons. The molecule has 0 spiro atoms. The minimum absolute atomic E-state index is 0. The van der Waals surface area contributed by atoms with E-state index in [9.17, 15) is 9.59 Å². The van der Waals surface area contributed by atoms with E-state index in [0.717, 1.165) is 5.56 Å². The fourth-order valence-electron chi connectivity index (χ4n) is 2.24. The molecule has 0 radical (unpaired) electrons. The number of halogens is 1. The average Bonchev–Trinajstić information content (AvgIpc) is 2.54. The topological polar surface area (TPSA) is 77.1 Å². The summed E-state index contributed by atoms with van der Waals surface area (Å²) in [5.41, 5.74) is 8.47. The van der Waals surface area contributed by atoms with Crippen LogP contribution in [0.4, 0.5) is 0 Å². The van der Waals surface area contributed by atoms with Crippen molar-refractivity contribution in [3.05, 3.63) is 69.6 Å². The summed E-state index contributed by atoms with van der Waals surface area (Å²) in [5.74, 6) is 0.178. The van der Waals surface area contributed by atoms with Gasteiger partial charge in [-0.25, -0.2) is 0 Å². The summed E-state index contributed by atoms with van der Waals surface area (Å²) in [4.78, 5) is 23.6. The van der Waals surface area contributed by atoms with Crippen molar-refractivity contribution in [3.63, 3.8) is 0 Å². The van der Waals surface area contributed by atoms with Gasteiger partial charge in [-0.15, -0.1) is 12.4 Å². The normalized spacial score (nSPS) is 11.7. The number of benzene rings is 1. The van der Waals surface area contributed by atoms with E-state index in [1.165, 1.54) is 16.2 Å². The first-order chi connectivity index (χ1) is 10.9. The molecule has 1 heterocycles. The largest absolute Gasteiger partial charge is 0.350 e. The minimum atomic E-state index is -0.294. The van der Waals surface area contributed by atoms with E-state index >= 15 is 0 Å². The molecule has 1 amide bonds. The van der Waals surface area contributed by atoms with Crippen LogP contribution < -0.4 is 16.6 Å². The maximum atomic E-state index is 12.1. The van der Waals surface area contributed by atoms with E-state index in [1.807, 2.05) is 12.1 Å². The van der Waals surface area contributed by atoms with Crippen LogP contribution in [0, 0.1) is 0 Å². The molecule has 3 N–H and O–H groups in total. The van der Waals surface area contributed by atoms with Crippen molar-refractivity contribution in [2.24, 2.45) is 12.8 Å². The first-order valence-electron chi connectivity index (χ1n) is 7.69. The van der Waals surface area contributed by atoms with Gasteiger partial charge in [0.05, 0.1) is 0 Å². The van der Waals surface area contributed by atoms with Gasteiger partial charge in [-0.05, 0) is 23.1 Å². The molecule has 1 aromatic carbocycles. The second-order valence-corrected chi connectivity index (χ2v) is 6.00. The zero-order valence-corrected chi connectivity index (χ0v) is 15.0. The van der Waals surface area contributed by atoms with Crippen LogP contribution in [0.3, 0.4) is 0 Å². The molecule has 0 fully saturated rings. The molecule has 0 aliphatic heterocycles. The van der Waals surface area contributed by atoms with Gasteiger partial charge in [0.15, 0.2) is 0 Å². The SMILES string of the molecule is CC(C)c1ccc(C(N)CNC(=O)c2ccn(C)c(=O)c2)cc1.Cl. The standard InChI is InChI=1S/C18H23N3O2.ClH/c1-12(2)13-4-6-14(7-5-13)16(19)11-20-18(23)15-8-9-21(3)17(22)10-15;/h4-10,12,16H,11,19H2,1-3H3,(H,20,23);1H. The molecule has 2 aromatic rings. The Kier molecular flexibility index (Phi) is 7.19. The van der Waals surface area contributed by atoms with Crippen molar-refractivity contribution in [3.8, 4) is 0 Å². The van der Waals surface area contributed by atoms with Gasteiger partial charge in [0.2, 0.25) is 0 Å². The summed E-state index contributed by atoms with van der Waals surface area (Å²) in [5, 5.41) is 2.77. The Balaban J connectivity index is 0.00000288. The zero-order valence-electron chi connectivity index (χ0n) is 14.2. The van der Waals surface area contributed by atoms with Crippen molar-refractivity contribution in [2.75, 3.05) is 6.54 Å². The highest BCUT2D eigenvalue weighted by molar-refractivity contribution is 5.94. The molecular weight excluding hydrogens is 326 g/mol. The van der Waals surface area contributed by atoms with Crippen LogP contribution >= 0.6 is 12.4 Å². The highest BCUT2D eigenvalue weighted by atomic mass is 35.5. The van der Waals surface area contributed by atoms with Gasteiger partial charge in [-0.3, -0.25) is 9.59 Å². The van der Waals surface area contributed by atoms with Crippen LogP contribution in [0.15, 0.2) is 47.4 Å². The van der Waals surface area contributed by atoms with E-state index < -0.39 is 0 Å². The number of nitrogens with zero attached hydrogens (tertiary/aromatic N) is 1. The minimum Gasteiger partial charge on any atom is -0.350 e. The van der Waals surface area contributed by atoms with Crippen LogP contribution in [-0.4, -0.2) is 17.0 Å². The number of amides is 1. The van der Waals surface area contributed by atoms with Gasteiger partial charge < -0.3 is 15.6 Å². The molecule has 5 nitrogen and oxygen atoms in total. The Bertz CT molecular complexity index is 739. The summed E-state index contributed by atoms with van der Waals surface area (Å²) in [6.07, 6.45) is 1.57. The van der Waals surface area contributed by atoms with Crippen molar-refractivity contribution in [1.29, 1.82) is 0 Å². The Morgan fingerprint density at radius 2 is 1.75 bits per heavy atom. The predicted octanol–water partition coefficient (Wildman–Crippen LogP) is 2.36. The lowest BCUT2D eigenvalue weighted by Crippen LogP contribution is -2.32. The maximum Gasteiger partial charge on any atom is 0.251 e. The van der Waals surface area contributed by atoms with Crippen molar-refractivity contribution in [1.82, 2.24) is 9.88 Å². The van der Waals surface area contributed by atoms with Gasteiger partial charge >= 0.3 is 0 Å². The highest BCUT2D eigenvalue weighted by Gasteiger charge is 2.11. The lowest BCUT2D eigenvalue weighted by atomic mass is 9.99. The van der Waals surface area contributed by atoms with Crippen LogP contribution in [0.25, 0.3) is 0 Å².